The second kappa shape index (κ2) is 6.90. The summed E-state index contributed by atoms with van der Waals surface area (Å²) in [6, 6.07) is 20.0. The van der Waals surface area contributed by atoms with Gasteiger partial charge >= 0.3 is 0 Å². The molecule has 1 atom stereocenters. The molecular weight excluding hydrogens is 254 g/mol. The summed E-state index contributed by atoms with van der Waals surface area (Å²) >= 11 is 5.20. The second-order valence-corrected chi connectivity index (χ2v) is 4.77. The van der Waals surface area contributed by atoms with Gasteiger partial charge < -0.3 is 10.1 Å². The molecule has 2 aromatic rings. The zero-order valence-electron chi connectivity index (χ0n) is 10.9. The molecule has 98 valence electrons. The lowest BCUT2D eigenvalue weighted by Gasteiger charge is -2.16. The number of anilines is 1. The van der Waals surface area contributed by atoms with Crippen molar-refractivity contribution >= 4 is 23.1 Å². The van der Waals surface area contributed by atoms with E-state index in [4.69, 9.17) is 17.0 Å². The quantitative estimate of drug-likeness (QED) is 0.848. The van der Waals surface area contributed by atoms with Gasteiger partial charge in [0.25, 0.3) is 5.17 Å². The van der Waals surface area contributed by atoms with E-state index in [9.17, 15) is 0 Å². The number of hydrogen-bond acceptors (Lipinski definition) is 2. The highest BCUT2D eigenvalue weighted by Gasteiger charge is 2.07. The number of hydrogen-bond donors (Lipinski definition) is 1. The van der Waals surface area contributed by atoms with Crippen LogP contribution in [0, 0.1) is 0 Å². The molecule has 0 bridgehead atoms. The summed E-state index contributed by atoms with van der Waals surface area (Å²) in [5.41, 5.74) is 2.19. The van der Waals surface area contributed by atoms with Gasteiger partial charge in [-0.05, 0) is 36.8 Å². The molecule has 0 fully saturated rings. The summed E-state index contributed by atoms with van der Waals surface area (Å²) in [5, 5.41) is 3.48. The number of ether oxygens (including phenoxy) is 1. The lowest BCUT2D eigenvalue weighted by atomic mass is 10.1. The minimum absolute atomic E-state index is 0.0473. The van der Waals surface area contributed by atoms with Crippen molar-refractivity contribution in [2.24, 2.45) is 0 Å². The molecule has 0 aliphatic heterocycles. The molecule has 0 saturated heterocycles. The van der Waals surface area contributed by atoms with Crippen molar-refractivity contribution in [3.05, 3.63) is 66.2 Å². The Labute approximate surface area is 119 Å². The molecule has 2 rings (SSSR count). The molecule has 0 saturated carbocycles. The van der Waals surface area contributed by atoms with E-state index in [-0.39, 0.29) is 6.10 Å². The normalized spacial score (nSPS) is 11.6. The van der Waals surface area contributed by atoms with Gasteiger partial charge in [0.05, 0.1) is 0 Å². The maximum absolute atomic E-state index is 5.68. The van der Waals surface area contributed by atoms with Gasteiger partial charge in [0.15, 0.2) is 0 Å². The Hall–Kier alpha value is -1.87. The fraction of sp³-hybridized carbons (Fsp3) is 0.188. The van der Waals surface area contributed by atoms with E-state index < -0.39 is 0 Å². The Balaban J connectivity index is 1.82. The Kier molecular flexibility index (Phi) is 4.93. The molecule has 0 amide bonds. The van der Waals surface area contributed by atoms with E-state index in [1.165, 1.54) is 5.56 Å². The molecule has 0 heterocycles. The van der Waals surface area contributed by atoms with Crippen LogP contribution in [0.3, 0.4) is 0 Å². The molecule has 1 N–H and O–H groups in total. The minimum Gasteiger partial charge on any atom is -0.467 e. The minimum atomic E-state index is 0.0473. The third kappa shape index (κ3) is 4.72. The van der Waals surface area contributed by atoms with Crippen LogP contribution in [0.5, 0.6) is 0 Å². The standard InChI is InChI=1S/C16H17NOS/c1-13(12-14-8-4-2-5-9-14)18-16(19)17-15-10-6-3-7-11-15/h2-11,13H,12H2,1H3,(H,17,19). The van der Waals surface area contributed by atoms with Gasteiger partial charge in [-0.1, -0.05) is 48.5 Å². The van der Waals surface area contributed by atoms with Crippen molar-refractivity contribution in [2.45, 2.75) is 19.4 Å². The SMILES string of the molecule is CC(Cc1ccccc1)OC(=S)Nc1ccccc1. The fourth-order valence-electron chi connectivity index (χ4n) is 1.84. The van der Waals surface area contributed by atoms with Crippen LogP contribution in [0.2, 0.25) is 0 Å². The van der Waals surface area contributed by atoms with E-state index in [2.05, 4.69) is 17.4 Å². The Morgan fingerprint density at radius 1 is 1.05 bits per heavy atom. The molecule has 0 spiro atoms. The maximum Gasteiger partial charge on any atom is 0.261 e. The lowest BCUT2D eigenvalue weighted by Crippen LogP contribution is -2.21. The van der Waals surface area contributed by atoms with Gasteiger partial charge in [0, 0.05) is 12.1 Å². The molecule has 1 unspecified atom stereocenters. The monoisotopic (exact) mass is 271 g/mol. The summed E-state index contributed by atoms with van der Waals surface area (Å²) in [6.07, 6.45) is 0.892. The first-order chi connectivity index (χ1) is 9.24. The topological polar surface area (TPSA) is 21.3 Å². The Bertz CT molecular complexity index is 513. The lowest BCUT2D eigenvalue weighted by molar-refractivity contribution is 0.214. The summed E-state index contributed by atoms with van der Waals surface area (Å²) in [7, 11) is 0. The third-order valence-electron chi connectivity index (χ3n) is 2.69. The predicted molar refractivity (Wildman–Crippen MR) is 83.4 cm³/mol. The van der Waals surface area contributed by atoms with Crippen molar-refractivity contribution in [3.8, 4) is 0 Å². The van der Waals surface area contributed by atoms with Crippen molar-refractivity contribution in [1.29, 1.82) is 0 Å². The predicted octanol–water partition coefficient (Wildman–Crippen LogP) is 4.03. The smallest absolute Gasteiger partial charge is 0.261 e. The van der Waals surface area contributed by atoms with Crippen molar-refractivity contribution in [1.82, 2.24) is 0 Å². The van der Waals surface area contributed by atoms with Crippen LogP contribution in [0.25, 0.3) is 0 Å². The molecule has 3 heteroatoms. The number of nitrogens with one attached hydrogen (secondary N) is 1. The number of benzene rings is 2. The van der Waals surface area contributed by atoms with Gasteiger partial charge in [-0.2, -0.15) is 0 Å². The first-order valence-electron chi connectivity index (χ1n) is 6.30. The van der Waals surface area contributed by atoms with E-state index in [1.807, 2.05) is 55.5 Å². The van der Waals surface area contributed by atoms with Crippen LogP contribution < -0.4 is 5.32 Å². The average Bonchev–Trinajstić information content (AvgIpc) is 2.40. The molecule has 0 aliphatic carbocycles. The largest absolute Gasteiger partial charge is 0.467 e. The van der Waals surface area contributed by atoms with E-state index in [1.54, 1.807) is 0 Å². The molecule has 0 aliphatic rings. The molecule has 2 aromatic carbocycles. The maximum atomic E-state index is 5.68. The number of thiocarbonyl (C=S) groups is 1. The van der Waals surface area contributed by atoms with E-state index in [0.29, 0.717) is 5.17 Å². The van der Waals surface area contributed by atoms with Crippen LogP contribution >= 0.6 is 12.2 Å². The summed E-state index contributed by atoms with van der Waals surface area (Å²) in [4.78, 5) is 0. The summed E-state index contributed by atoms with van der Waals surface area (Å²) in [5.74, 6) is 0. The zero-order valence-corrected chi connectivity index (χ0v) is 11.7. The molecule has 19 heavy (non-hydrogen) atoms. The molecular formula is C16H17NOS. The number of rotatable bonds is 4. The molecule has 0 radical (unpaired) electrons. The Morgan fingerprint density at radius 3 is 2.26 bits per heavy atom. The van der Waals surface area contributed by atoms with Gasteiger partial charge in [0.2, 0.25) is 0 Å². The van der Waals surface area contributed by atoms with Gasteiger partial charge in [-0.15, -0.1) is 0 Å². The summed E-state index contributed by atoms with van der Waals surface area (Å²) in [6.45, 7) is 2.02. The number of para-hydroxylation sites is 1. The first-order valence-corrected chi connectivity index (χ1v) is 6.71. The first kappa shape index (κ1) is 13.6. The van der Waals surface area contributed by atoms with Crippen LogP contribution in [0.4, 0.5) is 5.69 Å². The average molecular weight is 271 g/mol. The summed E-state index contributed by atoms with van der Waals surface area (Å²) < 4.78 is 5.68. The third-order valence-corrected chi connectivity index (χ3v) is 2.89. The highest BCUT2D eigenvalue weighted by molar-refractivity contribution is 7.80. The zero-order chi connectivity index (χ0) is 13.5. The second-order valence-electron chi connectivity index (χ2n) is 4.40. The van der Waals surface area contributed by atoms with Gasteiger partial charge in [0.1, 0.15) is 6.10 Å². The van der Waals surface area contributed by atoms with E-state index >= 15 is 0 Å². The van der Waals surface area contributed by atoms with Gasteiger partial charge in [-0.3, -0.25) is 0 Å². The fourth-order valence-corrected chi connectivity index (χ4v) is 2.12. The van der Waals surface area contributed by atoms with Crippen LogP contribution in [-0.4, -0.2) is 11.3 Å². The highest BCUT2D eigenvalue weighted by Crippen LogP contribution is 2.09. The molecule has 2 nitrogen and oxygen atoms in total. The molecule has 0 aromatic heterocycles. The van der Waals surface area contributed by atoms with Crippen molar-refractivity contribution < 1.29 is 4.74 Å². The highest BCUT2D eigenvalue weighted by atomic mass is 32.1. The van der Waals surface area contributed by atoms with Gasteiger partial charge in [-0.25, -0.2) is 0 Å². The Morgan fingerprint density at radius 2 is 1.63 bits per heavy atom. The van der Waals surface area contributed by atoms with E-state index in [0.717, 1.165) is 12.1 Å². The van der Waals surface area contributed by atoms with Crippen molar-refractivity contribution in [2.75, 3.05) is 5.32 Å². The van der Waals surface area contributed by atoms with Crippen molar-refractivity contribution in [3.63, 3.8) is 0 Å². The van der Waals surface area contributed by atoms with Crippen LogP contribution in [0.1, 0.15) is 12.5 Å². The van der Waals surface area contributed by atoms with Crippen LogP contribution in [0.15, 0.2) is 60.7 Å². The van der Waals surface area contributed by atoms with Crippen LogP contribution in [-0.2, 0) is 11.2 Å².